The molecular weight excluding hydrogens is 334 g/mol. The van der Waals surface area contributed by atoms with Crippen LogP contribution in [0.2, 0.25) is 0 Å². The number of carbonyl (C=O) groups excluding carboxylic acids is 1. The van der Waals surface area contributed by atoms with E-state index < -0.39 is 0 Å². The van der Waals surface area contributed by atoms with Gasteiger partial charge in [-0.1, -0.05) is 11.6 Å². The minimum absolute atomic E-state index is 0.104. The van der Waals surface area contributed by atoms with E-state index in [-0.39, 0.29) is 18.1 Å². The first-order chi connectivity index (χ1) is 12.5. The number of ether oxygens (including phenoxy) is 2. The first-order valence-electron chi connectivity index (χ1n) is 8.78. The van der Waals surface area contributed by atoms with E-state index >= 15 is 0 Å². The third-order valence-corrected chi connectivity index (χ3v) is 4.24. The molecule has 2 aromatic rings. The lowest BCUT2D eigenvalue weighted by Gasteiger charge is -2.31. The summed E-state index contributed by atoms with van der Waals surface area (Å²) in [4.78, 5) is 12.6. The van der Waals surface area contributed by atoms with Gasteiger partial charge in [0.15, 0.2) is 11.5 Å². The van der Waals surface area contributed by atoms with Crippen molar-refractivity contribution in [1.29, 1.82) is 0 Å². The van der Waals surface area contributed by atoms with E-state index in [2.05, 4.69) is 15.5 Å². The molecule has 0 saturated carbocycles. The van der Waals surface area contributed by atoms with Crippen LogP contribution in [0, 0.1) is 6.92 Å². The molecule has 26 heavy (non-hydrogen) atoms. The maximum Gasteiger partial charge on any atom is 0.272 e. The predicted molar refractivity (Wildman–Crippen MR) is 96.9 cm³/mol. The first kappa shape index (κ1) is 18.4. The number of amides is 1. The topological polar surface area (TPSA) is 89.4 Å². The minimum atomic E-state index is -0.238. The fourth-order valence-electron chi connectivity index (χ4n) is 2.77. The average Bonchev–Trinajstić information content (AvgIpc) is 3.25. The van der Waals surface area contributed by atoms with E-state index in [0.29, 0.717) is 43.4 Å². The summed E-state index contributed by atoms with van der Waals surface area (Å²) in [6, 6.07) is 5.29. The minimum Gasteiger partial charge on any atom is -0.460 e. The normalized spacial score (nSPS) is 20.0. The molecule has 1 saturated heterocycles. The van der Waals surface area contributed by atoms with Gasteiger partial charge in [0, 0.05) is 12.7 Å². The third kappa shape index (κ3) is 4.62. The van der Waals surface area contributed by atoms with Crippen molar-refractivity contribution in [2.24, 2.45) is 0 Å². The van der Waals surface area contributed by atoms with Crippen LogP contribution in [-0.4, -0.2) is 48.1 Å². The molecule has 7 nitrogen and oxygen atoms in total. The van der Waals surface area contributed by atoms with Crippen LogP contribution in [0.15, 0.2) is 34.3 Å². The van der Waals surface area contributed by atoms with Gasteiger partial charge in [0.1, 0.15) is 17.6 Å². The fourth-order valence-corrected chi connectivity index (χ4v) is 2.77. The number of nitrogens with one attached hydrogen (secondary N) is 2. The molecule has 7 heteroatoms. The van der Waals surface area contributed by atoms with E-state index in [1.165, 1.54) is 5.57 Å². The average molecular weight is 359 g/mol. The molecule has 0 unspecified atom stereocenters. The van der Waals surface area contributed by atoms with Crippen LogP contribution in [0.25, 0.3) is 11.5 Å². The molecule has 2 aromatic heterocycles. The Hall–Kier alpha value is -2.38. The Bertz CT molecular complexity index is 773. The van der Waals surface area contributed by atoms with Gasteiger partial charge >= 0.3 is 0 Å². The lowest BCUT2D eigenvalue weighted by atomic mass is 10.1. The zero-order chi connectivity index (χ0) is 18.5. The maximum absolute atomic E-state index is 12.6. The number of allylic oxidation sites excluding steroid dienone is 1. The van der Waals surface area contributed by atoms with Gasteiger partial charge in [0.2, 0.25) is 0 Å². The quantitative estimate of drug-likeness (QED) is 0.774. The standard InChI is InChI=1S/C19H25N3O4/c1-12(2)6-9-25-18-11-24-8-7-14(18)20-19(23)16-10-15(21-22-16)17-5-4-13(3)26-17/h4-6,10,14,18H,7-9,11H2,1-3H3,(H,20,23)(H,21,22)/t14-,18-/m1/s1. The SMILES string of the molecule is CC(C)=CCO[C@@H]1COCC[C@H]1NC(=O)c1cc(-c2ccc(C)o2)[nH]n1. The van der Waals surface area contributed by atoms with Gasteiger partial charge in [-0.2, -0.15) is 5.10 Å². The van der Waals surface area contributed by atoms with Crippen molar-refractivity contribution < 1.29 is 18.7 Å². The molecule has 2 N–H and O–H groups in total. The molecule has 1 aliphatic heterocycles. The third-order valence-electron chi connectivity index (χ3n) is 4.24. The predicted octanol–water partition coefficient (Wildman–Crippen LogP) is 2.85. The van der Waals surface area contributed by atoms with Crippen LogP contribution >= 0.6 is 0 Å². The highest BCUT2D eigenvalue weighted by atomic mass is 16.5. The van der Waals surface area contributed by atoms with E-state index in [4.69, 9.17) is 13.9 Å². The largest absolute Gasteiger partial charge is 0.460 e. The lowest BCUT2D eigenvalue weighted by molar-refractivity contribution is -0.0589. The smallest absolute Gasteiger partial charge is 0.272 e. The maximum atomic E-state index is 12.6. The molecule has 0 radical (unpaired) electrons. The highest BCUT2D eigenvalue weighted by Gasteiger charge is 2.28. The van der Waals surface area contributed by atoms with Crippen molar-refractivity contribution in [2.75, 3.05) is 19.8 Å². The fraction of sp³-hybridized carbons (Fsp3) is 0.474. The number of aromatic nitrogens is 2. The summed E-state index contributed by atoms with van der Waals surface area (Å²) in [7, 11) is 0. The second-order valence-electron chi connectivity index (χ2n) is 6.67. The molecule has 1 fully saturated rings. The molecule has 0 spiro atoms. The Labute approximate surface area is 152 Å². The van der Waals surface area contributed by atoms with Crippen molar-refractivity contribution in [3.05, 3.63) is 41.3 Å². The van der Waals surface area contributed by atoms with Gasteiger partial charge in [0.25, 0.3) is 5.91 Å². The van der Waals surface area contributed by atoms with Gasteiger partial charge in [0.05, 0.1) is 19.3 Å². The molecule has 0 aliphatic carbocycles. The highest BCUT2D eigenvalue weighted by Crippen LogP contribution is 2.20. The summed E-state index contributed by atoms with van der Waals surface area (Å²) >= 11 is 0. The van der Waals surface area contributed by atoms with Gasteiger partial charge < -0.3 is 19.2 Å². The number of nitrogens with zero attached hydrogens (tertiary/aromatic N) is 1. The van der Waals surface area contributed by atoms with Crippen molar-refractivity contribution in [2.45, 2.75) is 39.3 Å². The monoisotopic (exact) mass is 359 g/mol. The molecule has 3 heterocycles. The number of rotatable bonds is 6. The summed E-state index contributed by atoms with van der Waals surface area (Å²) in [6.07, 6.45) is 2.55. The Kier molecular flexibility index (Phi) is 5.90. The number of furan rings is 1. The first-order valence-corrected chi connectivity index (χ1v) is 8.78. The molecular formula is C19H25N3O4. The molecule has 0 bridgehead atoms. The van der Waals surface area contributed by atoms with Crippen LogP contribution in [-0.2, 0) is 9.47 Å². The van der Waals surface area contributed by atoms with Gasteiger partial charge in [-0.3, -0.25) is 9.89 Å². The van der Waals surface area contributed by atoms with Gasteiger partial charge in [-0.05, 0) is 39.3 Å². The van der Waals surface area contributed by atoms with Crippen molar-refractivity contribution in [1.82, 2.24) is 15.5 Å². The second-order valence-corrected chi connectivity index (χ2v) is 6.67. The Balaban J connectivity index is 1.62. The van der Waals surface area contributed by atoms with Crippen molar-refractivity contribution in [3.8, 4) is 11.5 Å². The number of hydrogen-bond donors (Lipinski definition) is 2. The zero-order valence-corrected chi connectivity index (χ0v) is 15.4. The Morgan fingerprint density at radius 1 is 1.46 bits per heavy atom. The number of aromatic amines is 1. The van der Waals surface area contributed by atoms with Crippen LogP contribution in [0.5, 0.6) is 0 Å². The molecule has 0 aromatic carbocycles. The molecule has 1 amide bonds. The van der Waals surface area contributed by atoms with E-state index in [1.54, 1.807) is 6.07 Å². The number of H-pyrrole nitrogens is 1. The number of hydrogen-bond acceptors (Lipinski definition) is 5. The van der Waals surface area contributed by atoms with Crippen molar-refractivity contribution >= 4 is 5.91 Å². The summed E-state index contributed by atoms with van der Waals surface area (Å²) in [5.74, 6) is 1.22. The summed E-state index contributed by atoms with van der Waals surface area (Å²) in [5, 5.41) is 9.96. The highest BCUT2D eigenvalue weighted by molar-refractivity contribution is 5.93. The summed E-state index contributed by atoms with van der Waals surface area (Å²) in [6.45, 7) is 7.50. The van der Waals surface area contributed by atoms with Crippen LogP contribution in [0.3, 0.4) is 0 Å². The number of carbonyl (C=O) groups is 1. The van der Waals surface area contributed by atoms with Crippen LogP contribution in [0.4, 0.5) is 0 Å². The van der Waals surface area contributed by atoms with Crippen LogP contribution in [0.1, 0.15) is 36.5 Å². The zero-order valence-electron chi connectivity index (χ0n) is 15.4. The summed E-state index contributed by atoms with van der Waals surface area (Å²) in [5.41, 5.74) is 2.19. The lowest BCUT2D eigenvalue weighted by Crippen LogP contribution is -2.50. The molecule has 3 rings (SSSR count). The number of aryl methyl sites for hydroxylation is 1. The Morgan fingerprint density at radius 3 is 3.04 bits per heavy atom. The molecule has 140 valence electrons. The molecule has 1 aliphatic rings. The van der Waals surface area contributed by atoms with Crippen LogP contribution < -0.4 is 5.32 Å². The molecule has 2 atom stereocenters. The van der Waals surface area contributed by atoms with Crippen molar-refractivity contribution in [3.63, 3.8) is 0 Å². The van der Waals surface area contributed by atoms with E-state index in [0.717, 1.165) is 5.76 Å². The van der Waals surface area contributed by atoms with Gasteiger partial charge in [-0.15, -0.1) is 0 Å². The van der Waals surface area contributed by atoms with Gasteiger partial charge in [-0.25, -0.2) is 0 Å². The Morgan fingerprint density at radius 2 is 2.31 bits per heavy atom. The van der Waals surface area contributed by atoms with E-state index in [9.17, 15) is 4.79 Å². The summed E-state index contributed by atoms with van der Waals surface area (Å²) < 4.78 is 16.9. The second kappa shape index (κ2) is 8.33. The van der Waals surface area contributed by atoms with E-state index in [1.807, 2.05) is 39.0 Å².